The number of likely N-dealkylation sites (tertiary alicyclic amines) is 1. The average molecular weight is 346 g/mol. The molecule has 1 fully saturated rings. The standard InChI is InChI=1S/C17H22N4O2S/c1-4-12-14(10(3)22)9(2)19-15(12)13-8-24-16(20-13)11-5-6-21(7-11)17(18)23/h8,11,19H,4-7H2,1-3H3,(H2,18,23). The smallest absolute Gasteiger partial charge is 0.314 e. The van der Waals surface area contributed by atoms with E-state index in [0.29, 0.717) is 13.1 Å². The lowest BCUT2D eigenvalue weighted by atomic mass is 10.0. The predicted octanol–water partition coefficient (Wildman–Crippen LogP) is 3.08. The summed E-state index contributed by atoms with van der Waals surface area (Å²) in [6.07, 6.45) is 1.67. The third-order valence-corrected chi connectivity index (χ3v) is 5.63. The number of carbonyl (C=O) groups is 2. The number of aromatic amines is 1. The number of amides is 2. The fourth-order valence-corrected chi connectivity index (χ4v) is 4.42. The second-order valence-electron chi connectivity index (χ2n) is 6.23. The Hall–Kier alpha value is -2.15. The molecule has 0 saturated carbocycles. The van der Waals surface area contributed by atoms with Crippen LogP contribution in [0.5, 0.6) is 0 Å². The van der Waals surface area contributed by atoms with Gasteiger partial charge in [0, 0.05) is 35.6 Å². The van der Waals surface area contributed by atoms with Crippen molar-refractivity contribution < 1.29 is 9.59 Å². The van der Waals surface area contributed by atoms with Crippen molar-refractivity contribution in [3.05, 3.63) is 27.2 Å². The van der Waals surface area contributed by atoms with Crippen LogP contribution in [0, 0.1) is 6.92 Å². The molecule has 3 rings (SSSR count). The van der Waals surface area contributed by atoms with Gasteiger partial charge in [-0.25, -0.2) is 9.78 Å². The van der Waals surface area contributed by atoms with E-state index in [2.05, 4.69) is 4.98 Å². The van der Waals surface area contributed by atoms with Crippen molar-refractivity contribution in [3.63, 3.8) is 0 Å². The topological polar surface area (TPSA) is 92.1 Å². The van der Waals surface area contributed by atoms with E-state index in [1.165, 1.54) is 0 Å². The van der Waals surface area contributed by atoms with E-state index in [0.717, 1.165) is 46.1 Å². The minimum atomic E-state index is -0.367. The van der Waals surface area contributed by atoms with E-state index in [9.17, 15) is 9.59 Å². The second-order valence-corrected chi connectivity index (χ2v) is 7.12. The number of nitrogens with zero attached hydrogens (tertiary/aromatic N) is 2. The van der Waals surface area contributed by atoms with Crippen molar-refractivity contribution in [2.45, 2.75) is 39.5 Å². The van der Waals surface area contributed by atoms with Gasteiger partial charge in [-0.1, -0.05) is 6.92 Å². The summed E-state index contributed by atoms with van der Waals surface area (Å²) in [6.45, 7) is 6.89. The Morgan fingerprint density at radius 2 is 2.25 bits per heavy atom. The zero-order chi connectivity index (χ0) is 17.4. The van der Waals surface area contributed by atoms with Gasteiger partial charge in [0.1, 0.15) is 0 Å². The van der Waals surface area contributed by atoms with Crippen LogP contribution in [-0.2, 0) is 6.42 Å². The number of thiazole rings is 1. The number of H-pyrrole nitrogens is 1. The number of aryl methyl sites for hydroxylation is 1. The Labute approximate surface area is 145 Å². The van der Waals surface area contributed by atoms with Crippen LogP contribution in [0.4, 0.5) is 4.79 Å². The number of ketones is 1. The quantitative estimate of drug-likeness (QED) is 0.833. The number of hydrogen-bond acceptors (Lipinski definition) is 4. The summed E-state index contributed by atoms with van der Waals surface area (Å²) in [4.78, 5) is 33.0. The molecule has 128 valence electrons. The normalized spacial score (nSPS) is 17.5. The molecule has 0 spiro atoms. The van der Waals surface area contributed by atoms with E-state index in [1.54, 1.807) is 23.2 Å². The zero-order valence-electron chi connectivity index (χ0n) is 14.2. The molecule has 1 aliphatic rings. The number of hydrogen-bond donors (Lipinski definition) is 2. The van der Waals surface area contributed by atoms with Crippen LogP contribution in [0.1, 0.15) is 52.8 Å². The second kappa shape index (κ2) is 6.39. The van der Waals surface area contributed by atoms with Gasteiger partial charge in [0.25, 0.3) is 0 Å². The minimum absolute atomic E-state index is 0.0789. The molecule has 0 aliphatic carbocycles. The molecule has 1 atom stereocenters. The summed E-state index contributed by atoms with van der Waals surface area (Å²) >= 11 is 1.60. The predicted molar refractivity (Wildman–Crippen MR) is 94.5 cm³/mol. The highest BCUT2D eigenvalue weighted by Gasteiger charge is 2.29. The first kappa shape index (κ1) is 16.7. The Morgan fingerprint density at radius 3 is 2.83 bits per heavy atom. The first-order valence-electron chi connectivity index (χ1n) is 8.14. The fourth-order valence-electron chi connectivity index (χ4n) is 3.48. The lowest BCUT2D eigenvalue weighted by molar-refractivity contribution is 0.101. The maximum absolute atomic E-state index is 11.9. The van der Waals surface area contributed by atoms with Gasteiger partial charge < -0.3 is 15.6 Å². The number of aromatic nitrogens is 2. The maximum Gasteiger partial charge on any atom is 0.314 e. The summed E-state index contributed by atoms with van der Waals surface area (Å²) in [6, 6.07) is -0.367. The van der Waals surface area contributed by atoms with Crippen molar-refractivity contribution in [2.24, 2.45) is 5.73 Å². The fraction of sp³-hybridized carbons (Fsp3) is 0.471. The van der Waals surface area contributed by atoms with Gasteiger partial charge in [-0.3, -0.25) is 4.79 Å². The lowest BCUT2D eigenvalue weighted by Gasteiger charge is -2.11. The van der Waals surface area contributed by atoms with E-state index in [1.807, 2.05) is 19.2 Å². The van der Waals surface area contributed by atoms with Gasteiger partial charge in [-0.05, 0) is 32.3 Å². The van der Waals surface area contributed by atoms with Crippen molar-refractivity contribution in [1.29, 1.82) is 0 Å². The van der Waals surface area contributed by atoms with E-state index >= 15 is 0 Å². The molecule has 1 unspecified atom stereocenters. The Kier molecular flexibility index (Phi) is 4.45. The van der Waals surface area contributed by atoms with E-state index in [-0.39, 0.29) is 17.7 Å². The first-order chi connectivity index (χ1) is 11.4. The van der Waals surface area contributed by atoms with Crippen LogP contribution in [0.25, 0.3) is 11.4 Å². The third kappa shape index (κ3) is 2.84. The maximum atomic E-state index is 11.9. The summed E-state index contributed by atoms with van der Waals surface area (Å²) in [5, 5.41) is 3.05. The highest BCUT2D eigenvalue weighted by molar-refractivity contribution is 7.10. The number of rotatable bonds is 4. The molecule has 1 saturated heterocycles. The number of primary amides is 1. The largest absolute Gasteiger partial charge is 0.356 e. The van der Waals surface area contributed by atoms with Crippen LogP contribution >= 0.6 is 11.3 Å². The van der Waals surface area contributed by atoms with Gasteiger partial charge in [0.2, 0.25) is 0 Å². The van der Waals surface area contributed by atoms with Crippen LogP contribution in [0.3, 0.4) is 0 Å². The van der Waals surface area contributed by atoms with Crippen LogP contribution in [0.2, 0.25) is 0 Å². The molecule has 3 heterocycles. The molecule has 2 amide bonds. The summed E-state index contributed by atoms with van der Waals surface area (Å²) in [5.74, 6) is 0.319. The monoisotopic (exact) mass is 346 g/mol. The molecule has 0 radical (unpaired) electrons. The molecule has 7 heteroatoms. The molecule has 6 nitrogen and oxygen atoms in total. The van der Waals surface area contributed by atoms with Crippen molar-refractivity contribution in [3.8, 4) is 11.4 Å². The molecule has 2 aromatic heterocycles. The molecular formula is C17H22N4O2S. The number of nitrogens with two attached hydrogens (primary N) is 1. The number of nitrogens with one attached hydrogen (secondary N) is 1. The van der Waals surface area contributed by atoms with Crippen LogP contribution in [-0.4, -0.2) is 39.8 Å². The highest BCUT2D eigenvalue weighted by atomic mass is 32.1. The highest BCUT2D eigenvalue weighted by Crippen LogP contribution is 2.34. The SMILES string of the molecule is CCc1c(-c2csc(C3CCN(C(N)=O)C3)n2)[nH]c(C)c1C(C)=O. The Morgan fingerprint density at radius 1 is 1.50 bits per heavy atom. The van der Waals surface area contributed by atoms with Gasteiger partial charge >= 0.3 is 6.03 Å². The molecule has 1 aliphatic heterocycles. The minimum Gasteiger partial charge on any atom is -0.356 e. The number of carbonyl (C=O) groups excluding carboxylic acids is 2. The average Bonchev–Trinajstić information content (AvgIpc) is 3.23. The van der Waals surface area contributed by atoms with Crippen LogP contribution in [0.15, 0.2) is 5.38 Å². The number of urea groups is 1. The molecule has 3 N–H and O–H groups in total. The van der Waals surface area contributed by atoms with Crippen molar-refractivity contribution >= 4 is 23.2 Å². The third-order valence-electron chi connectivity index (χ3n) is 4.62. The molecule has 0 bridgehead atoms. The van der Waals surface area contributed by atoms with Gasteiger partial charge in [0.05, 0.1) is 16.4 Å². The summed E-state index contributed by atoms with van der Waals surface area (Å²) in [7, 11) is 0. The van der Waals surface area contributed by atoms with Gasteiger partial charge in [-0.15, -0.1) is 11.3 Å². The van der Waals surface area contributed by atoms with E-state index < -0.39 is 0 Å². The zero-order valence-corrected chi connectivity index (χ0v) is 15.0. The van der Waals surface area contributed by atoms with Crippen molar-refractivity contribution in [2.75, 3.05) is 13.1 Å². The van der Waals surface area contributed by atoms with Crippen molar-refractivity contribution in [1.82, 2.24) is 14.9 Å². The molecular weight excluding hydrogens is 324 g/mol. The Balaban J connectivity index is 1.91. The Bertz CT molecular complexity index is 793. The molecule has 2 aromatic rings. The van der Waals surface area contributed by atoms with E-state index in [4.69, 9.17) is 10.7 Å². The molecule has 0 aromatic carbocycles. The van der Waals surface area contributed by atoms with Crippen LogP contribution < -0.4 is 5.73 Å². The first-order valence-corrected chi connectivity index (χ1v) is 9.02. The van der Waals surface area contributed by atoms with Gasteiger partial charge in [-0.2, -0.15) is 0 Å². The number of Topliss-reactive ketones (excluding diaryl/α,β-unsaturated/α-hetero) is 1. The summed E-state index contributed by atoms with van der Waals surface area (Å²) < 4.78 is 0. The lowest BCUT2D eigenvalue weighted by Crippen LogP contribution is -2.33. The molecule has 24 heavy (non-hydrogen) atoms. The summed E-state index contributed by atoms with van der Waals surface area (Å²) in [5.41, 5.74) is 9.87. The van der Waals surface area contributed by atoms with Gasteiger partial charge in [0.15, 0.2) is 5.78 Å².